The van der Waals surface area contributed by atoms with Crippen molar-refractivity contribution in [1.82, 2.24) is 0 Å². The van der Waals surface area contributed by atoms with Gasteiger partial charge < -0.3 is 10.1 Å². The molecule has 0 aliphatic rings. The van der Waals surface area contributed by atoms with Gasteiger partial charge >= 0.3 is 0 Å². The number of nitrogens with one attached hydrogen (secondary N) is 1. The first-order valence-corrected chi connectivity index (χ1v) is 8.85. The molecule has 1 amide bonds. The molecule has 2 rings (SSSR count). The van der Waals surface area contributed by atoms with Crippen LogP contribution in [-0.4, -0.2) is 17.8 Å². The van der Waals surface area contributed by atoms with Crippen LogP contribution in [0.25, 0.3) is 0 Å². The number of carbonyl (C=O) groups is 1. The van der Waals surface area contributed by atoms with Gasteiger partial charge in [0, 0.05) is 11.4 Å². The highest BCUT2D eigenvalue weighted by Gasteiger charge is 2.14. The highest BCUT2D eigenvalue weighted by Crippen LogP contribution is 2.22. The van der Waals surface area contributed by atoms with E-state index >= 15 is 0 Å². The Morgan fingerprint density at radius 3 is 2.52 bits per heavy atom. The molecule has 0 aromatic heterocycles. The maximum Gasteiger partial charge on any atom is 0.237 e. The molecule has 1 unspecified atom stereocenters. The smallest absolute Gasteiger partial charge is 0.237 e. The van der Waals surface area contributed by atoms with Gasteiger partial charge in [0.2, 0.25) is 5.91 Å². The number of aryl methyl sites for hydroxylation is 1. The summed E-state index contributed by atoms with van der Waals surface area (Å²) in [6, 6.07) is 15.7. The van der Waals surface area contributed by atoms with Crippen molar-refractivity contribution < 1.29 is 9.53 Å². The minimum Gasteiger partial charge on any atom is -0.494 e. The van der Waals surface area contributed by atoms with E-state index in [9.17, 15) is 4.79 Å². The second-order valence-electron chi connectivity index (χ2n) is 5.33. The fraction of sp³-hybridized carbons (Fsp3) is 0.316. The minimum atomic E-state index is -0.110. The normalized spacial score (nSPS) is 11.8. The summed E-state index contributed by atoms with van der Waals surface area (Å²) < 4.78 is 5.40. The van der Waals surface area contributed by atoms with Gasteiger partial charge in [-0.2, -0.15) is 0 Å². The monoisotopic (exact) mass is 329 g/mol. The van der Waals surface area contributed by atoms with Gasteiger partial charge in [0.1, 0.15) is 5.75 Å². The molecule has 23 heavy (non-hydrogen) atoms. The zero-order valence-corrected chi connectivity index (χ0v) is 14.7. The van der Waals surface area contributed by atoms with Crippen LogP contribution in [0.2, 0.25) is 0 Å². The topological polar surface area (TPSA) is 38.3 Å². The Hall–Kier alpha value is -1.94. The van der Waals surface area contributed by atoms with Gasteiger partial charge in [0.05, 0.1) is 11.9 Å². The van der Waals surface area contributed by atoms with Crippen molar-refractivity contribution in [3.63, 3.8) is 0 Å². The molecule has 0 saturated heterocycles. The number of rotatable bonds is 7. The van der Waals surface area contributed by atoms with Gasteiger partial charge in [-0.1, -0.05) is 24.3 Å². The molecule has 0 heterocycles. The van der Waals surface area contributed by atoms with Crippen LogP contribution in [0.15, 0.2) is 48.5 Å². The van der Waals surface area contributed by atoms with Crippen molar-refractivity contribution in [2.45, 2.75) is 31.8 Å². The van der Waals surface area contributed by atoms with Crippen molar-refractivity contribution in [2.75, 3.05) is 11.9 Å². The molecule has 0 bridgehead atoms. The number of ether oxygens (including phenoxy) is 1. The summed E-state index contributed by atoms with van der Waals surface area (Å²) in [7, 11) is 0. The molecule has 0 aliphatic carbocycles. The zero-order chi connectivity index (χ0) is 16.7. The van der Waals surface area contributed by atoms with Crippen LogP contribution < -0.4 is 10.1 Å². The summed E-state index contributed by atoms with van der Waals surface area (Å²) in [6.45, 7) is 6.62. The lowest BCUT2D eigenvalue weighted by Gasteiger charge is -2.13. The van der Waals surface area contributed by atoms with E-state index in [2.05, 4.69) is 24.4 Å². The third kappa shape index (κ3) is 5.32. The quantitative estimate of drug-likeness (QED) is 0.803. The molecule has 3 nitrogen and oxygen atoms in total. The van der Waals surface area contributed by atoms with Crippen LogP contribution >= 0.6 is 11.8 Å². The maximum absolute atomic E-state index is 12.3. The predicted molar refractivity (Wildman–Crippen MR) is 98.2 cm³/mol. The molecular weight excluding hydrogens is 306 g/mol. The lowest BCUT2D eigenvalue weighted by atomic mass is 10.1. The largest absolute Gasteiger partial charge is 0.494 e. The van der Waals surface area contributed by atoms with Crippen LogP contribution in [-0.2, 0) is 10.5 Å². The van der Waals surface area contributed by atoms with Crippen molar-refractivity contribution in [3.8, 4) is 5.75 Å². The van der Waals surface area contributed by atoms with E-state index in [4.69, 9.17) is 4.74 Å². The SMILES string of the molecule is CCOc1ccc(NC(=O)C(C)SCc2ccccc2C)cc1. The molecule has 122 valence electrons. The molecule has 0 spiro atoms. The second-order valence-corrected chi connectivity index (χ2v) is 6.66. The molecule has 0 fully saturated rings. The van der Waals surface area contributed by atoms with Crippen molar-refractivity contribution >= 4 is 23.4 Å². The van der Waals surface area contributed by atoms with Crippen molar-refractivity contribution in [2.24, 2.45) is 0 Å². The first kappa shape index (κ1) is 17.4. The molecule has 1 N–H and O–H groups in total. The van der Waals surface area contributed by atoms with Crippen LogP contribution in [0.4, 0.5) is 5.69 Å². The van der Waals surface area contributed by atoms with E-state index in [-0.39, 0.29) is 11.2 Å². The van der Waals surface area contributed by atoms with E-state index in [1.165, 1.54) is 11.1 Å². The molecule has 1 atom stereocenters. The van der Waals surface area contributed by atoms with Crippen molar-refractivity contribution in [3.05, 3.63) is 59.7 Å². The summed E-state index contributed by atoms with van der Waals surface area (Å²) >= 11 is 1.65. The van der Waals surface area contributed by atoms with Crippen LogP contribution in [0.3, 0.4) is 0 Å². The second kappa shape index (κ2) is 8.63. The summed E-state index contributed by atoms with van der Waals surface area (Å²) in [4.78, 5) is 12.3. The first-order chi connectivity index (χ1) is 11.1. The number of hydrogen-bond acceptors (Lipinski definition) is 3. The lowest BCUT2D eigenvalue weighted by molar-refractivity contribution is -0.115. The number of thioether (sulfide) groups is 1. The van der Waals surface area contributed by atoms with Gasteiger partial charge in [-0.05, 0) is 56.2 Å². The van der Waals surface area contributed by atoms with Crippen LogP contribution in [0.5, 0.6) is 5.75 Å². The Bertz CT molecular complexity index is 640. The maximum atomic E-state index is 12.3. The summed E-state index contributed by atoms with van der Waals surface area (Å²) in [5.74, 6) is 1.67. The van der Waals surface area contributed by atoms with Gasteiger partial charge in [-0.3, -0.25) is 4.79 Å². The number of anilines is 1. The van der Waals surface area contributed by atoms with Crippen LogP contribution in [0, 0.1) is 6.92 Å². The Labute approximate surface area is 142 Å². The van der Waals surface area contributed by atoms with Crippen molar-refractivity contribution in [1.29, 1.82) is 0 Å². The summed E-state index contributed by atoms with van der Waals surface area (Å²) in [5, 5.41) is 2.84. The Morgan fingerprint density at radius 1 is 1.17 bits per heavy atom. The highest BCUT2D eigenvalue weighted by molar-refractivity contribution is 7.99. The van der Waals surface area contributed by atoms with Gasteiger partial charge in [0.15, 0.2) is 0 Å². The third-order valence-electron chi connectivity index (χ3n) is 3.55. The molecule has 0 saturated carbocycles. The zero-order valence-electron chi connectivity index (χ0n) is 13.8. The summed E-state index contributed by atoms with van der Waals surface area (Å²) in [6.07, 6.45) is 0. The summed E-state index contributed by atoms with van der Waals surface area (Å²) in [5.41, 5.74) is 3.33. The average molecular weight is 329 g/mol. The van der Waals surface area contributed by atoms with Gasteiger partial charge in [-0.15, -0.1) is 11.8 Å². The first-order valence-electron chi connectivity index (χ1n) is 7.80. The van der Waals surface area contributed by atoms with E-state index < -0.39 is 0 Å². The number of hydrogen-bond donors (Lipinski definition) is 1. The lowest BCUT2D eigenvalue weighted by Crippen LogP contribution is -2.22. The van der Waals surface area contributed by atoms with E-state index in [0.717, 1.165) is 17.2 Å². The number of benzene rings is 2. The van der Waals surface area contributed by atoms with Gasteiger partial charge in [0.25, 0.3) is 0 Å². The molecule has 0 radical (unpaired) electrons. The Morgan fingerprint density at radius 2 is 1.87 bits per heavy atom. The highest BCUT2D eigenvalue weighted by atomic mass is 32.2. The molecular formula is C19H23NO2S. The Balaban J connectivity index is 1.86. The molecule has 2 aromatic carbocycles. The molecule has 0 aliphatic heterocycles. The molecule has 4 heteroatoms. The Kier molecular flexibility index (Phi) is 6.53. The third-order valence-corrected chi connectivity index (χ3v) is 4.74. The van der Waals surface area contributed by atoms with Gasteiger partial charge in [-0.25, -0.2) is 0 Å². The molecule has 2 aromatic rings. The fourth-order valence-corrected chi connectivity index (χ4v) is 3.07. The van der Waals surface area contributed by atoms with E-state index in [0.29, 0.717) is 6.61 Å². The van der Waals surface area contributed by atoms with Crippen LogP contribution in [0.1, 0.15) is 25.0 Å². The number of carbonyl (C=O) groups excluding carboxylic acids is 1. The standard InChI is InChI=1S/C19H23NO2S/c1-4-22-18-11-9-17(10-12-18)20-19(21)15(3)23-13-16-8-6-5-7-14(16)2/h5-12,15H,4,13H2,1-3H3,(H,20,21). The van der Waals surface area contributed by atoms with E-state index in [1.807, 2.05) is 50.2 Å². The number of amides is 1. The fourth-order valence-electron chi connectivity index (χ4n) is 2.11. The van der Waals surface area contributed by atoms with E-state index in [1.54, 1.807) is 11.8 Å². The average Bonchev–Trinajstić information content (AvgIpc) is 2.56. The predicted octanol–water partition coefficient (Wildman–Crippen LogP) is 4.65. The minimum absolute atomic E-state index is 0.0211.